The van der Waals surface area contributed by atoms with E-state index < -0.39 is 0 Å². The van der Waals surface area contributed by atoms with Gasteiger partial charge in [0, 0.05) is 35.1 Å². The average Bonchev–Trinajstić information content (AvgIpc) is 2.83. The van der Waals surface area contributed by atoms with Crippen LogP contribution in [0.25, 0.3) is 10.9 Å². The lowest BCUT2D eigenvalue weighted by molar-refractivity contribution is 0.771. The second-order valence-electron chi connectivity index (χ2n) is 4.21. The smallest absolute Gasteiger partial charge is 0.147 e. The molecule has 3 aromatic rings. The molecule has 2 heterocycles. The predicted molar refractivity (Wildman–Crippen MR) is 79.0 cm³/mol. The van der Waals surface area contributed by atoms with Crippen LogP contribution in [0.1, 0.15) is 11.4 Å². The Balaban J connectivity index is 2.07. The predicted octanol–water partition coefficient (Wildman–Crippen LogP) is 2.11. The van der Waals surface area contributed by atoms with E-state index in [1.165, 1.54) is 0 Å². The van der Waals surface area contributed by atoms with Crippen LogP contribution < -0.4 is 5.73 Å². The molecule has 0 saturated heterocycles. The number of nitrogens with two attached hydrogens (primary N) is 1. The highest BCUT2D eigenvalue weighted by Gasteiger charge is 2.08. The second kappa shape index (κ2) is 4.78. The van der Waals surface area contributed by atoms with Crippen LogP contribution in [0.4, 0.5) is 0 Å². The lowest BCUT2D eigenvalue weighted by Crippen LogP contribution is -2.09. The summed E-state index contributed by atoms with van der Waals surface area (Å²) in [5.74, 6) is 0.778. The lowest BCUT2D eigenvalue weighted by Gasteiger charge is -2.05. The summed E-state index contributed by atoms with van der Waals surface area (Å²) < 4.78 is 2.09. The highest BCUT2D eigenvalue weighted by Crippen LogP contribution is 2.20. The molecular weight excluding hydrogens is 256 g/mol. The van der Waals surface area contributed by atoms with Crippen molar-refractivity contribution >= 4 is 28.1 Å². The van der Waals surface area contributed by atoms with Crippen molar-refractivity contribution in [1.82, 2.24) is 14.5 Å². The zero-order chi connectivity index (χ0) is 13.2. The normalized spacial score (nSPS) is 10.7. The first kappa shape index (κ1) is 11.8. The van der Waals surface area contributed by atoms with Crippen molar-refractivity contribution in [3.8, 4) is 0 Å². The van der Waals surface area contributed by atoms with E-state index in [4.69, 9.17) is 18.0 Å². The van der Waals surface area contributed by atoms with Crippen molar-refractivity contribution in [3.05, 3.63) is 60.3 Å². The van der Waals surface area contributed by atoms with Gasteiger partial charge in [0.15, 0.2) is 0 Å². The molecule has 0 amide bonds. The van der Waals surface area contributed by atoms with Crippen LogP contribution in [0.15, 0.2) is 48.9 Å². The highest BCUT2D eigenvalue weighted by molar-refractivity contribution is 7.80. The second-order valence-corrected chi connectivity index (χ2v) is 4.65. The summed E-state index contributed by atoms with van der Waals surface area (Å²) in [5.41, 5.74) is 7.72. The highest BCUT2D eigenvalue weighted by atomic mass is 32.1. The van der Waals surface area contributed by atoms with Gasteiger partial charge in [-0.15, -0.1) is 0 Å². The monoisotopic (exact) mass is 268 g/mol. The van der Waals surface area contributed by atoms with Crippen LogP contribution in [0, 0.1) is 0 Å². The third-order valence-corrected chi connectivity index (χ3v) is 3.23. The van der Waals surface area contributed by atoms with Gasteiger partial charge in [-0.25, -0.2) is 9.97 Å². The molecule has 0 saturated carbocycles. The minimum atomic E-state index is 0.416. The molecule has 2 N–H and O–H groups in total. The molecule has 3 rings (SSSR count). The number of fused-ring (bicyclic) bond motifs is 1. The zero-order valence-corrected chi connectivity index (χ0v) is 11.0. The van der Waals surface area contributed by atoms with Crippen LogP contribution in [0.2, 0.25) is 0 Å². The Morgan fingerprint density at radius 3 is 2.68 bits per heavy atom. The Labute approximate surface area is 115 Å². The summed E-state index contributed by atoms with van der Waals surface area (Å²) in [6.07, 6.45) is 5.49. The van der Waals surface area contributed by atoms with Crippen molar-refractivity contribution in [2.75, 3.05) is 0 Å². The summed E-state index contributed by atoms with van der Waals surface area (Å²) in [7, 11) is 0. The molecule has 94 valence electrons. The molecule has 2 aromatic heterocycles. The van der Waals surface area contributed by atoms with E-state index in [9.17, 15) is 0 Å². The summed E-state index contributed by atoms with van der Waals surface area (Å²) in [6, 6.07) is 9.77. The van der Waals surface area contributed by atoms with E-state index in [1.54, 1.807) is 12.4 Å². The Kier molecular flexibility index (Phi) is 2.97. The van der Waals surface area contributed by atoms with E-state index in [2.05, 4.69) is 14.5 Å². The lowest BCUT2D eigenvalue weighted by atomic mass is 10.1. The molecule has 19 heavy (non-hydrogen) atoms. The third-order valence-electron chi connectivity index (χ3n) is 3.01. The molecule has 0 radical (unpaired) electrons. The van der Waals surface area contributed by atoms with Gasteiger partial charge in [0.05, 0.1) is 6.54 Å². The van der Waals surface area contributed by atoms with Crippen LogP contribution in [-0.4, -0.2) is 19.5 Å². The van der Waals surface area contributed by atoms with E-state index >= 15 is 0 Å². The molecule has 0 unspecified atom stereocenters. The largest absolute Gasteiger partial charge is 0.389 e. The molecule has 1 aromatic carbocycles. The molecule has 0 aliphatic carbocycles. The Bertz CT molecular complexity index is 734. The minimum absolute atomic E-state index is 0.416. The van der Waals surface area contributed by atoms with Crippen molar-refractivity contribution in [2.24, 2.45) is 5.73 Å². The van der Waals surface area contributed by atoms with Gasteiger partial charge in [-0.1, -0.05) is 24.4 Å². The van der Waals surface area contributed by atoms with Gasteiger partial charge in [0.25, 0.3) is 0 Å². The average molecular weight is 268 g/mol. The molecule has 0 atom stereocenters. The van der Waals surface area contributed by atoms with Gasteiger partial charge in [0.2, 0.25) is 0 Å². The minimum Gasteiger partial charge on any atom is -0.389 e. The SMILES string of the molecule is NC(=S)c1cccc2c1ccn2Cc1ncccn1. The molecule has 0 bridgehead atoms. The summed E-state index contributed by atoms with van der Waals surface area (Å²) in [4.78, 5) is 8.89. The van der Waals surface area contributed by atoms with Crippen LogP contribution in [0.5, 0.6) is 0 Å². The summed E-state index contributed by atoms with van der Waals surface area (Å²) in [5, 5.41) is 1.06. The van der Waals surface area contributed by atoms with Crippen molar-refractivity contribution in [3.63, 3.8) is 0 Å². The van der Waals surface area contributed by atoms with Gasteiger partial charge in [-0.05, 0) is 18.2 Å². The first-order chi connectivity index (χ1) is 9.25. The number of thiocarbonyl (C=S) groups is 1. The van der Waals surface area contributed by atoms with E-state index in [0.717, 1.165) is 22.3 Å². The van der Waals surface area contributed by atoms with E-state index in [1.807, 2.05) is 36.5 Å². The quantitative estimate of drug-likeness (QED) is 0.739. The Morgan fingerprint density at radius 1 is 1.16 bits per heavy atom. The van der Waals surface area contributed by atoms with Crippen LogP contribution >= 0.6 is 12.2 Å². The van der Waals surface area contributed by atoms with Gasteiger partial charge in [-0.3, -0.25) is 0 Å². The van der Waals surface area contributed by atoms with E-state index in [-0.39, 0.29) is 0 Å². The number of rotatable bonds is 3. The maximum absolute atomic E-state index is 5.74. The van der Waals surface area contributed by atoms with Gasteiger partial charge >= 0.3 is 0 Å². The zero-order valence-electron chi connectivity index (χ0n) is 10.2. The fourth-order valence-corrected chi connectivity index (χ4v) is 2.32. The summed E-state index contributed by atoms with van der Waals surface area (Å²) in [6.45, 7) is 0.630. The number of aromatic nitrogens is 3. The number of benzene rings is 1. The number of hydrogen-bond donors (Lipinski definition) is 1. The molecule has 0 spiro atoms. The molecule has 0 aliphatic rings. The number of nitrogens with zero attached hydrogens (tertiary/aromatic N) is 3. The fraction of sp³-hybridized carbons (Fsp3) is 0.0714. The molecule has 0 fully saturated rings. The van der Waals surface area contributed by atoms with Crippen molar-refractivity contribution < 1.29 is 0 Å². The maximum Gasteiger partial charge on any atom is 0.147 e. The topological polar surface area (TPSA) is 56.7 Å². The Morgan fingerprint density at radius 2 is 1.95 bits per heavy atom. The summed E-state index contributed by atoms with van der Waals surface area (Å²) >= 11 is 5.07. The fourth-order valence-electron chi connectivity index (χ4n) is 2.14. The van der Waals surface area contributed by atoms with Gasteiger partial charge in [-0.2, -0.15) is 0 Å². The van der Waals surface area contributed by atoms with Gasteiger partial charge < -0.3 is 10.3 Å². The third kappa shape index (κ3) is 2.20. The van der Waals surface area contributed by atoms with Crippen molar-refractivity contribution in [2.45, 2.75) is 6.54 Å². The standard InChI is InChI=1S/C14H12N4S/c15-14(19)11-3-1-4-12-10(11)5-8-18(12)9-13-16-6-2-7-17-13/h1-8H,9H2,(H2,15,19). The molecule has 4 nitrogen and oxygen atoms in total. The first-order valence-corrected chi connectivity index (χ1v) is 6.30. The molecular formula is C14H12N4S. The maximum atomic E-state index is 5.74. The van der Waals surface area contributed by atoms with Crippen molar-refractivity contribution in [1.29, 1.82) is 0 Å². The Hall–Kier alpha value is -2.27. The number of hydrogen-bond acceptors (Lipinski definition) is 3. The molecule has 5 heteroatoms. The van der Waals surface area contributed by atoms with E-state index in [0.29, 0.717) is 11.5 Å². The first-order valence-electron chi connectivity index (χ1n) is 5.89. The molecule has 0 aliphatic heterocycles. The van der Waals surface area contributed by atoms with Crippen LogP contribution in [-0.2, 0) is 6.54 Å². The van der Waals surface area contributed by atoms with Gasteiger partial charge in [0.1, 0.15) is 10.8 Å². The van der Waals surface area contributed by atoms with Crippen LogP contribution in [0.3, 0.4) is 0 Å².